The minimum Gasteiger partial charge on any atom is -0.381 e. The van der Waals surface area contributed by atoms with Gasteiger partial charge in [-0.05, 0) is 31.8 Å². The third-order valence-corrected chi connectivity index (χ3v) is 3.72. The van der Waals surface area contributed by atoms with Gasteiger partial charge in [0.15, 0.2) is 0 Å². The monoisotopic (exact) mass is 256 g/mol. The standard InChI is InChI=1S/C15H32N2O/c1-5-8-16-15(14-7-9-18-12-14)11-17(6-2)10-13(3)4/h13-16H,5-12H2,1-4H3. The lowest BCUT2D eigenvalue weighted by molar-refractivity contribution is 0.158. The third kappa shape index (κ3) is 5.68. The molecule has 2 atom stereocenters. The van der Waals surface area contributed by atoms with Crippen LogP contribution < -0.4 is 5.32 Å². The first-order chi connectivity index (χ1) is 8.67. The van der Waals surface area contributed by atoms with Gasteiger partial charge in [-0.2, -0.15) is 0 Å². The molecule has 0 saturated carbocycles. The van der Waals surface area contributed by atoms with Gasteiger partial charge in [0.25, 0.3) is 0 Å². The van der Waals surface area contributed by atoms with Gasteiger partial charge in [-0.15, -0.1) is 0 Å². The Morgan fingerprint density at radius 2 is 2.06 bits per heavy atom. The molecule has 3 heteroatoms. The van der Waals surface area contributed by atoms with Gasteiger partial charge in [-0.1, -0.05) is 27.7 Å². The lowest BCUT2D eigenvalue weighted by atomic mass is 9.98. The second kappa shape index (κ2) is 8.89. The van der Waals surface area contributed by atoms with Crippen LogP contribution in [-0.4, -0.2) is 50.3 Å². The predicted octanol–water partition coefficient (Wildman–Crippen LogP) is 2.37. The first-order valence-corrected chi connectivity index (χ1v) is 7.70. The molecular weight excluding hydrogens is 224 g/mol. The highest BCUT2D eigenvalue weighted by atomic mass is 16.5. The summed E-state index contributed by atoms with van der Waals surface area (Å²) in [6, 6.07) is 0.603. The van der Waals surface area contributed by atoms with E-state index in [4.69, 9.17) is 4.74 Å². The van der Waals surface area contributed by atoms with Crippen LogP contribution in [0.25, 0.3) is 0 Å². The summed E-state index contributed by atoms with van der Waals surface area (Å²) in [5, 5.41) is 3.73. The number of nitrogens with zero attached hydrogens (tertiary/aromatic N) is 1. The highest BCUT2D eigenvalue weighted by molar-refractivity contribution is 4.82. The third-order valence-electron chi connectivity index (χ3n) is 3.72. The van der Waals surface area contributed by atoms with Crippen molar-refractivity contribution in [1.82, 2.24) is 10.2 Å². The van der Waals surface area contributed by atoms with Crippen LogP contribution in [0, 0.1) is 11.8 Å². The van der Waals surface area contributed by atoms with Crippen LogP contribution in [0.15, 0.2) is 0 Å². The van der Waals surface area contributed by atoms with Crippen LogP contribution in [0.2, 0.25) is 0 Å². The molecule has 108 valence electrons. The van der Waals surface area contributed by atoms with E-state index in [1.807, 2.05) is 0 Å². The van der Waals surface area contributed by atoms with E-state index < -0.39 is 0 Å². The fourth-order valence-corrected chi connectivity index (χ4v) is 2.71. The molecule has 1 N–H and O–H groups in total. The van der Waals surface area contributed by atoms with E-state index in [0.717, 1.165) is 32.2 Å². The van der Waals surface area contributed by atoms with Crippen molar-refractivity contribution in [3.8, 4) is 0 Å². The van der Waals surface area contributed by atoms with Crippen LogP contribution >= 0.6 is 0 Å². The maximum atomic E-state index is 5.56. The molecule has 0 amide bonds. The number of likely N-dealkylation sites (N-methyl/N-ethyl adjacent to an activating group) is 1. The zero-order valence-electron chi connectivity index (χ0n) is 12.7. The van der Waals surface area contributed by atoms with E-state index in [9.17, 15) is 0 Å². The topological polar surface area (TPSA) is 24.5 Å². The quantitative estimate of drug-likeness (QED) is 0.685. The van der Waals surface area contributed by atoms with Crippen molar-refractivity contribution in [2.75, 3.05) is 39.4 Å². The summed E-state index contributed by atoms with van der Waals surface area (Å²) in [6.07, 6.45) is 2.43. The summed E-state index contributed by atoms with van der Waals surface area (Å²) >= 11 is 0. The molecule has 0 bridgehead atoms. The Balaban J connectivity index is 2.46. The Morgan fingerprint density at radius 3 is 2.56 bits per heavy atom. The number of ether oxygens (including phenoxy) is 1. The number of hydrogen-bond acceptors (Lipinski definition) is 3. The van der Waals surface area contributed by atoms with Crippen LogP contribution in [0.1, 0.15) is 40.5 Å². The summed E-state index contributed by atoms with van der Waals surface area (Å²) in [5.41, 5.74) is 0. The first-order valence-electron chi connectivity index (χ1n) is 7.70. The lowest BCUT2D eigenvalue weighted by Crippen LogP contribution is -2.47. The predicted molar refractivity (Wildman–Crippen MR) is 78.0 cm³/mol. The van der Waals surface area contributed by atoms with Crippen molar-refractivity contribution in [2.45, 2.75) is 46.6 Å². The van der Waals surface area contributed by atoms with E-state index in [1.165, 1.54) is 25.9 Å². The number of rotatable bonds is 9. The first kappa shape index (κ1) is 15.9. The average Bonchev–Trinajstić information content (AvgIpc) is 2.86. The smallest absolute Gasteiger partial charge is 0.0510 e. The molecule has 1 rings (SSSR count). The minimum absolute atomic E-state index is 0.603. The lowest BCUT2D eigenvalue weighted by Gasteiger charge is -2.31. The van der Waals surface area contributed by atoms with E-state index in [0.29, 0.717) is 12.0 Å². The summed E-state index contributed by atoms with van der Waals surface area (Å²) < 4.78 is 5.56. The number of nitrogens with one attached hydrogen (secondary N) is 1. The van der Waals surface area contributed by atoms with Crippen molar-refractivity contribution in [2.24, 2.45) is 11.8 Å². The van der Waals surface area contributed by atoms with E-state index in [-0.39, 0.29) is 0 Å². The van der Waals surface area contributed by atoms with Crippen molar-refractivity contribution >= 4 is 0 Å². The Morgan fingerprint density at radius 1 is 1.28 bits per heavy atom. The largest absolute Gasteiger partial charge is 0.381 e. The molecule has 2 unspecified atom stereocenters. The molecule has 1 heterocycles. The highest BCUT2D eigenvalue weighted by Crippen LogP contribution is 2.18. The Hall–Kier alpha value is -0.120. The minimum atomic E-state index is 0.603. The van der Waals surface area contributed by atoms with E-state index >= 15 is 0 Å². The van der Waals surface area contributed by atoms with E-state index in [2.05, 4.69) is 37.9 Å². The second-order valence-corrected chi connectivity index (χ2v) is 5.93. The molecule has 1 aliphatic rings. The fourth-order valence-electron chi connectivity index (χ4n) is 2.71. The molecule has 0 radical (unpaired) electrons. The summed E-state index contributed by atoms with van der Waals surface area (Å²) in [6.45, 7) is 15.6. The Labute approximate surface area is 113 Å². The van der Waals surface area contributed by atoms with Crippen LogP contribution in [0.3, 0.4) is 0 Å². The van der Waals surface area contributed by atoms with Gasteiger partial charge in [-0.3, -0.25) is 0 Å². The molecule has 1 fully saturated rings. The Bertz CT molecular complexity index is 203. The molecule has 0 aliphatic carbocycles. The van der Waals surface area contributed by atoms with Crippen molar-refractivity contribution < 1.29 is 4.74 Å². The van der Waals surface area contributed by atoms with Gasteiger partial charge in [-0.25, -0.2) is 0 Å². The molecule has 0 spiro atoms. The Kier molecular flexibility index (Phi) is 7.87. The van der Waals surface area contributed by atoms with Crippen molar-refractivity contribution in [3.05, 3.63) is 0 Å². The molecule has 1 aliphatic heterocycles. The van der Waals surface area contributed by atoms with Crippen molar-refractivity contribution in [3.63, 3.8) is 0 Å². The molecular formula is C15H32N2O. The number of hydrogen-bond donors (Lipinski definition) is 1. The molecule has 3 nitrogen and oxygen atoms in total. The van der Waals surface area contributed by atoms with Gasteiger partial charge in [0.1, 0.15) is 0 Å². The van der Waals surface area contributed by atoms with Gasteiger partial charge < -0.3 is 15.0 Å². The van der Waals surface area contributed by atoms with Gasteiger partial charge in [0, 0.05) is 31.7 Å². The van der Waals surface area contributed by atoms with Crippen LogP contribution in [0.5, 0.6) is 0 Å². The van der Waals surface area contributed by atoms with Crippen LogP contribution in [-0.2, 0) is 4.74 Å². The van der Waals surface area contributed by atoms with Crippen LogP contribution in [0.4, 0.5) is 0 Å². The highest BCUT2D eigenvalue weighted by Gasteiger charge is 2.26. The average molecular weight is 256 g/mol. The zero-order chi connectivity index (χ0) is 13.4. The molecule has 18 heavy (non-hydrogen) atoms. The van der Waals surface area contributed by atoms with E-state index in [1.54, 1.807) is 0 Å². The normalized spacial score (nSPS) is 22.0. The zero-order valence-corrected chi connectivity index (χ0v) is 12.7. The van der Waals surface area contributed by atoms with Crippen molar-refractivity contribution in [1.29, 1.82) is 0 Å². The molecule has 1 saturated heterocycles. The maximum Gasteiger partial charge on any atom is 0.0510 e. The second-order valence-electron chi connectivity index (χ2n) is 5.93. The summed E-state index contributed by atoms with van der Waals surface area (Å²) in [7, 11) is 0. The van der Waals surface area contributed by atoms with Gasteiger partial charge in [0.2, 0.25) is 0 Å². The van der Waals surface area contributed by atoms with Gasteiger partial charge >= 0.3 is 0 Å². The van der Waals surface area contributed by atoms with Gasteiger partial charge in [0.05, 0.1) is 6.61 Å². The molecule has 0 aromatic heterocycles. The maximum absolute atomic E-state index is 5.56. The summed E-state index contributed by atoms with van der Waals surface area (Å²) in [4.78, 5) is 2.58. The molecule has 0 aromatic rings. The summed E-state index contributed by atoms with van der Waals surface area (Å²) in [5.74, 6) is 1.45. The SMILES string of the molecule is CCCNC(CN(CC)CC(C)C)C1CCOC1. The molecule has 0 aromatic carbocycles. The fraction of sp³-hybridized carbons (Fsp3) is 1.00.